The average Bonchev–Trinajstić information content (AvgIpc) is 2.41. The second-order valence-electron chi connectivity index (χ2n) is 4.57. The molecule has 104 valence electrons. The summed E-state index contributed by atoms with van der Waals surface area (Å²) in [5.41, 5.74) is 8.27. The number of hydrogen-bond acceptors (Lipinski definition) is 4. The highest BCUT2D eigenvalue weighted by atomic mass is 16.3. The monoisotopic (exact) mass is 271 g/mol. The van der Waals surface area contributed by atoms with Crippen LogP contribution in [-0.4, -0.2) is 16.0 Å². The first-order valence-electron chi connectivity index (χ1n) is 6.32. The third-order valence-electron chi connectivity index (χ3n) is 2.92. The van der Waals surface area contributed by atoms with Crippen LogP contribution in [0.2, 0.25) is 0 Å². The maximum Gasteiger partial charge on any atom is 0.221 e. The minimum absolute atomic E-state index is 0.149. The topological polar surface area (TPSA) is 88.2 Å². The molecule has 1 amide bonds. The van der Waals surface area contributed by atoms with E-state index in [1.54, 1.807) is 12.1 Å². The van der Waals surface area contributed by atoms with Crippen LogP contribution in [0.5, 0.6) is 5.75 Å². The van der Waals surface area contributed by atoms with Crippen LogP contribution in [0.15, 0.2) is 36.4 Å². The predicted octanol–water partition coefficient (Wildman–Crippen LogP) is 1.74. The number of aromatic hydroxyl groups is 1. The molecule has 1 aromatic carbocycles. The van der Waals surface area contributed by atoms with E-state index in [-0.39, 0.29) is 18.1 Å². The van der Waals surface area contributed by atoms with E-state index in [2.05, 4.69) is 10.3 Å². The van der Waals surface area contributed by atoms with Gasteiger partial charge in [-0.15, -0.1) is 0 Å². The van der Waals surface area contributed by atoms with Crippen molar-refractivity contribution in [2.24, 2.45) is 5.73 Å². The van der Waals surface area contributed by atoms with Crippen molar-refractivity contribution in [1.82, 2.24) is 4.98 Å². The number of aromatic nitrogens is 1. The summed E-state index contributed by atoms with van der Waals surface area (Å²) >= 11 is 0. The Morgan fingerprint density at radius 3 is 2.80 bits per heavy atom. The zero-order valence-electron chi connectivity index (χ0n) is 11.3. The lowest BCUT2D eigenvalue weighted by atomic mass is 10.1. The van der Waals surface area contributed by atoms with Crippen LogP contribution in [0.25, 0.3) is 0 Å². The lowest BCUT2D eigenvalue weighted by molar-refractivity contribution is -0.117. The quantitative estimate of drug-likeness (QED) is 0.772. The molecule has 0 saturated carbocycles. The van der Waals surface area contributed by atoms with Crippen LogP contribution in [-0.2, 0) is 17.8 Å². The highest BCUT2D eigenvalue weighted by Crippen LogP contribution is 2.19. The maximum absolute atomic E-state index is 11.0. The molecule has 1 aromatic heterocycles. The van der Waals surface area contributed by atoms with Crippen molar-refractivity contribution < 1.29 is 9.90 Å². The minimum atomic E-state index is -0.379. The first-order valence-corrected chi connectivity index (χ1v) is 6.32. The largest absolute Gasteiger partial charge is 0.506 e. The third-order valence-corrected chi connectivity index (χ3v) is 2.92. The van der Waals surface area contributed by atoms with Crippen molar-refractivity contribution in [3.05, 3.63) is 53.3 Å². The Balaban J connectivity index is 2.14. The van der Waals surface area contributed by atoms with Crippen molar-refractivity contribution in [2.75, 3.05) is 5.32 Å². The lowest BCUT2D eigenvalue weighted by Gasteiger charge is -2.11. The van der Waals surface area contributed by atoms with E-state index in [1.807, 2.05) is 31.2 Å². The molecule has 0 fully saturated rings. The molecule has 4 N–H and O–H groups in total. The fourth-order valence-corrected chi connectivity index (χ4v) is 1.95. The van der Waals surface area contributed by atoms with Crippen molar-refractivity contribution in [2.45, 2.75) is 19.9 Å². The number of aryl methyl sites for hydroxylation is 1. The van der Waals surface area contributed by atoms with Gasteiger partial charge in [0.1, 0.15) is 11.4 Å². The summed E-state index contributed by atoms with van der Waals surface area (Å²) < 4.78 is 0. The summed E-state index contributed by atoms with van der Waals surface area (Å²) in [4.78, 5) is 15.3. The average molecular weight is 271 g/mol. The van der Waals surface area contributed by atoms with Gasteiger partial charge >= 0.3 is 0 Å². The van der Waals surface area contributed by atoms with Gasteiger partial charge in [0.25, 0.3) is 0 Å². The second-order valence-corrected chi connectivity index (χ2v) is 4.57. The van der Waals surface area contributed by atoms with Crippen LogP contribution in [0, 0.1) is 6.92 Å². The van der Waals surface area contributed by atoms with Gasteiger partial charge in [-0.2, -0.15) is 0 Å². The Labute approximate surface area is 117 Å². The van der Waals surface area contributed by atoms with Crippen molar-refractivity contribution >= 4 is 11.6 Å². The van der Waals surface area contributed by atoms with Crippen LogP contribution >= 0.6 is 0 Å². The molecule has 0 saturated heterocycles. The molecule has 0 aliphatic carbocycles. The van der Waals surface area contributed by atoms with E-state index in [0.717, 1.165) is 16.9 Å². The molecular weight excluding hydrogens is 254 g/mol. The van der Waals surface area contributed by atoms with Crippen molar-refractivity contribution in [3.8, 4) is 5.75 Å². The highest BCUT2D eigenvalue weighted by molar-refractivity contribution is 5.78. The van der Waals surface area contributed by atoms with Gasteiger partial charge in [-0.3, -0.25) is 9.78 Å². The SMILES string of the molecule is Cc1ccc(O)c(CNc2ccccc2CC(N)=O)n1. The van der Waals surface area contributed by atoms with E-state index >= 15 is 0 Å². The zero-order valence-corrected chi connectivity index (χ0v) is 11.3. The molecule has 0 aliphatic rings. The summed E-state index contributed by atoms with van der Waals surface area (Å²) in [5, 5.41) is 12.9. The third kappa shape index (κ3) is 3.47. The number of hydrogen-bond donors (Lipinski definition) is 3. The van der Waals surface area contributed by atoms with E-state index in [1.165, 1.54) is 0 Å². The van der Waals surface area contributed by atoms with Crippen molar-refractivity contribution in [1.29, 1.82) is 0 Å². The van der Waals surface area contributed by atoms with Crippen LogP contribution in [0.4, 0.5) is 5.69 Å². The van der Waals surface area contributed by atoms with Crippen LogP contribution < -0.4 is 11.1 Å². The lowest BCUT2D eigenvalue weighted by Crippen LogP contribution is -2.15. The molecule has 0 aliphatic heterocycles. The number of para-hydroxylation sites is 1. The predicted molar refractivity (Wildman–Crippen MR) is 77.3 cm³/mol. The molecule has 0 radical (unpaired) electrons. The van der Waals surface area contributed by atoms with Gasteiger partial charge in [-0.25, -0.2) is 0 Å². The number of amides is 1. The fourth-order valence-electron chi connectivity index (χ4n) is 1.95. The Bertz CT molecular complexity index is 626. The zero-order chi connectivity index (χ0) is 14.5. The van der Waals surface area contributed by atoms with Gasteiger partial charge in [0.2, 0.25) is 5.91 Å². The summed E-state index contributed by atoms with van der Waals surface area (Å²) in [5.74, 6) is -0.230. The van der Waals surface area contributed by atoms with Gasteiger partial charge in [0.15, 0.2) is 0 Å². The van der Waals surface area contributed by atoms with E-state index in [0.29, 0.717) is 12.2 Å². The first kappa shape index (κ1) is 13.9. The van der Waals surface area contributed by atoms with E-state index in [4.69, 9.17) is 5.73 Å². The minimum Gasteiger partial charge on any atom is -0.506 e. The molecule has 2 aromatic rings. The van der Waals surface area contributed by atoms with Gasteiger partial charge in [-0.05, 0) is 30.7 Å². The number of nitrogens with two attached hydrogens (primary N) is 1. The summed E-state index contributed by atoms with van der Waals surface area (Å²) in [6.45, 7) is 2.24. The number of rotatable bonds is 5. The Kier molecular flexibility index (Phi) is 4.20. The molecule has 1 heterocycles. The van der Waals surface area contributed by atoms with Crippen LogP contribution in [0.1, 0.15) is 17.0 Å². The number of carbonyl (C=O) groups is 1. The summed E-state index contributed by atoms with van der Waals surface area (Å²) in [6.07, 6.45) is 0.177. The normalized spacial score (nSPS) is 10.2. The van der Waals surface area contributed by atoms with Gasteiger partial charge in [-0.1, -0.05) is 18.2 Å². The first-order chi connectivity index (χ1) is 9.56. The van der Waals surface area contributed by atoms with Crippen LogP contribution in [0.3, 0.4) is 0 Å². The smallest absolute Gasteiger partial charge is 0.221 e. The molecule has 5 nitrogen and oxygen atoms in total. The molecule has 0 atom stereocenters. The highest BCUT2D eigenvalue weighted by Gasteiger charge is 2.07. The van der Waals surface area contributed by atoms with E-state index in [9.17, 15) is 9.90 Å². The maximum atomic E-state index is 11.0. The fraction of sp³-hybridized carbons (Fsp3) is 0.200. The number of pyridine rings is 1. The number of nitrogens with zero attached hydrogens (tertiary/aromatic N) is 1. The van der Waals surface area contributed by atoms with E-state index < -0.39 is 0 Å². The Hall–Kier alpha value is -2.56. The Morgan fingerprint density at radius 2 is 2.05 bits per heavy atom. The number of nitrogens with one attached hydrogen (secondary N) is 1. The van der Waals surface area contributed by atoms with Crippen molar-refractivity contribution in [3.63, 3.8) is 0 Å². The molecular formula is C15H17N3O2. The molecule has 20 heavy (non-hydrogen) atoms. The van der Waals surface area contributed by atoms with Gasteiger partial charge < -0.3 is 16.2 Å². The second kappa shape index (κ2) is 6.06. The summed E-state index contributed by atoms with van der Waals surface area (Å²) in [7, 11) is 0. The molecule has 0 unspecified atom stereocenters. The number of benzene rings is 1. The molecule has 2 rings (SSSR count). The van der Waals surface area contributed by atoms with Gasteiger partial charge in [0.05, 0.1) is 13.0 Å². The van der Waals surface area contributed by atoms with Gasteiger partial charge in [0, 0.05) is 11.4 Å². The molecule has 0 spiro atoms. The number of anilines is 1. The number of carbonyl (C=O) groups excluding carboxylic acids is 1. The number of primary amides is 1. The Morgan fingerprint density at radius 1 is 1.30 bits per heavy atom. The standard InChI is InChI=1S/C15H17N3O2/c1-10-6-7-14(19)13(18-10)9-17-12-5-3-2-4-11(12)8-15(16)20/h2-7,17,19H,8-9H2,1H3,(H2,16,20). The summed E-state index contributed by atoms with van der Waals surface area (Å²) in [6, 6.07) is 10.8. The molecule has 5 heteroatoms. The molecule has 0 bridgehead atoms.